The normalized spacial score (nSPS) is 14.4. The third-order valence-electron chi connectivity index (χ3n) is 6.78. The molecular formula is C30H34N4O4. The molecule has 0 aliphatic heterocycles. The Labute approximate surface area is 223 Å². The number of carbonyl (C=O) groups is 3. The molecule has 0 unspecified atom stereocenters. The predicted molar refractivity (Wildman–Crippen MR) is 147 cm³/mol. The Balaban J connectivity index is 1.70. The molecule has 1 aromatic heterocycles. The summed E-state index contributed by atoms with van der Waals surface area (Å²) in [5.41, 5.74) is 3.27. The van der Waals surface area contributed by atoms with E-state index in [2.05, 4.69) is 22.7 Å². The van der Waals surface area contributed by atoms with Crippen molar-refractivity contribution < 1.29 is 18.9 Å². The summed E-state index contributed by atoms with van der Waals surface area (Å²) < 4.78 is 4.97. The number of hydrogen-bond donors (Lipinski definition) is 2. The van der Waals surface area contributed by atoms with E-state index in [-0.39, 0.29) is 17.8 Å². The molecule has 1 aliphatic carbocycles. The smallest absolute Gasteiger partial charge is 0.252 e. The van der Waals surface area contributed by atoms with Gasteiger partial charge in [0.1, 0.15) is 11.8 Å². The SMILES string of the molecule is CCc1ccc([C@H](C(=O)NC2CCCC2)N(C(=O)/C=C/C(=O)Nc2cc(C)on2)c2ccccc2C)cc1. The molecule has 1 saturated carbocycles. The maximum absolute atomic E-state index is 13.8. The standard InChI is InChI=1S/C30H34N4O4/c1-4-22-13-15-23(16-14-22)29(30(37)31-24-10-6-7-11-24)34(25-12-8-5-9-20(25)2)28(36)18-17-27(35)32-26-19-21(3)38-33-26/h5,8-9,12-19,24,29H,4,6-7,10-11H2,1-3H3,(H,31,37)(H,32,33,35)/b18-17+/t29-/m1/s1. The summed E-state index contributed by atoms with van der Waals surface area (Å²) in [6.45, 7) is 5.68. The van der Waals surface area contributed by atoms with Crippen LogP contribution in [0, 0.1) is 13.8 Å². The quantitative estimate of drug-likeness (QED) is 0.383. The van der Waals surface area contributed by atoms with E-state index in [1.165, 1.54) is 11.0 Å². The van der Waals surface area contributed by atoms with Crippen molar-refractivity contribution in [2.45, 2.75) is 65.0 Å². The van der Waals surface area contributed by atoms with Gasteiger partial charge in [0.2, 0.25) is 11.8 Å². The molecule has 8 heteroatoms. The lowest BCUT2D eigenvalue weighted by molar-refractivity contribution is -0.125. The zero-order valence-corrected chi connectivity index (χ0v) is 22.1. The first-order chi connectivity index (χ1) is 18.4. The lowest BCUT2D eigenvalue weighted by atomic mass is 9.99. The van der Waals surface area contributed by atoms with E-state index in [1.54, 1.807) is 13.0 Å². The molecule has 2 aromatic carbocycles. The molecule has 0 saturated heterocycles. The molecule has 198 valence electrons. The van der Waals surface area contributed by atoms with E-state index in [0.717, 1.165) is 49.3 Å². The molecule has 3 amide bonds. The molecule has 8 nitrogen and oxygen atoms in total. The Morgan fingerprint density at radius 3 is 2.39 bits per heavy atom. The van der Waals surface area contributed by atoms with Crippen molar-refractivity contribution in [2.24, 2.45) is 0 Å². The number of nitrogens with one attached hydrogen (secondary N) is 2. The van der Waals surface area contributed by atoms with Gasteiger partial charge in [0.25, 0.3) is 5.91 Å². The van der Waals surface area contributed by atoms with Gasteiger partial charge in [-0.1, -0.05) is 67.4 Å². The number of anilines is 2. The Morgan fingerprint density at radius 1 is 1.05 bits per heavy atom. The minimum atomic E-state index is -0.916. The highest BCUT2D eigenvalue weighted by Gasteiger charge is 2.34. The van der Waals surface area contributed by atoms with Crippen LogP contribution in [0.2, 0.25) is 0 Å². The van der Waals surface area contributed by atoms with Crippen LogP contribution in [0.1, 0.15) is 61.1 Å². The van der Waals surface area contributed by atoms with Gasteiger partial charge in [-0.05, 0) is 55.9 Å². The second kappa shape index (κ2) is 12.4. The van der Waals surface area contributed by atoms with Crippen LogP contribution in [0.15, 0.2) is 71.3 Å². The number of rotatable bonds is 9. The van der Waals surface area contributed by atoms with Crippen molar-refractivity contribution in [1.82, 2.24) is 10.5 Å². The molecule has 1 aliphatic rings. The fraction of sp³-hybridized carbons (Fsp3) is 0.333. The largest absolute Gasteiger partial charge is 0.360 e. The van der Waals surface area contributed by atoms with Gasteiger partial charge in [-0.15, -0.1) is 0 Å². The van der Waals surface area contributed by atoms with Gasteiger partial charge in [0, 0.05) is 29.9 Å². The predicted octanol–water partition coefficient (Wildman–Crippen LogP) is 5.18. The minimum Gasteiger partial charge on any atom is -0.360 e. The summed E-state index contributed by atoms with van der Waals surface area (Å²) in [6.07, 6.45) is 7.19. The van der Waals surface area contributed by atoms with Crippen LogP contribution < -0.4 is 15.5 Å². The van der Waals surface area contributed by atoms with Crippen LogP contribution in [0.5, 0.6) is 0 Å². The van der Waals surface area contributed by atoms with Gasteiger partial charge in [-0.25, -0.2) is 0 Å². The van der Waals surface area contributed by atoms with E-state index in [4.69, 9.17) is 4.52 Å². The minimum absolute atomic E-state index is 0.0842. The summed E-state index contributed by atoms with van der Waals surface area (Å²) in [5.74, 6) is -0.456. The summed E-state index contributed by atoms with van der Waals surface area (Å²) in [5, 5.41) is 9.49. The fourth-order valence-electron chi connectivity index (χ4n) is 4.74. The molecule has 4 rings (SSSR count). The van der Waals surface area contributed by atoms with Crippen molar-refractivity contribution in [1.29, 1.82) is 0 Å². The third-order valence-corrected chi connectivity index (χ3v) is 6.78. The summed E-state index contributed by atoms with van der Waals surface area (Å²) >= 11 is 0. The van der Waals surface area contributed by atoms with Crippen molar-refractivity contribution >= 4 is 29.2 Å². The van der Waals surface area contributed by atoms with E-state index < -0.39 is 17.9 Å². The van der Waals surface area contributed by atoms with Crippen molar-refractivity contribution in [3.63, 3.8) is 0 Å². The maximum Gasteiger partial charge on any atom is 0.252 e. The van der Waals surface area contributed by atoms with Gasteiger partial charge < -0.3 is 15.2 Å². The highest BCUT2D eigenvalue weighted by atomic mass is 16.5. The maximum atomic E-state index is 13.8. The van der Waals surface area contributed by atoms with E-state index in [0.29, 0.717) is 17.0 Å². The molecule has 2 N–H and O–H groups in total. The van der Waals surface area contributed by atoms with Crippen LogP contribution >= 0.6 is 0 Å². The first-order valence-electron chi connectivity index (χ1n) is 13.1. The monoisotopic (exact) mass is 514 g/mol. The second-order valence-electron chi connectivity index (χ2n) is 9.63. The molecule has 1 heterocycles. The van der Waals surface area contributed by atoms with Crippen molar-refractivity contribution in [2.75, 3.05) is 10.2 Å². The van der Waals surface area contributed by atoms with Gasteiger partial charge >= 0.3 is 0 Å². The molecule has 1 fully saturated rings. The summed E-state index contributed by atoms with van der Waals surface area (Å²) in [6, 6.07) is 15.9. The molecule has 3 aromatic rings. The Hall–Kier alpha value is -4.20. The van der Waals surface area contributed by atoms with Gasteiger partial charge in [0.15, 0.2) is 5.82 Å². The molecule has 0 spiro atoms. The molecule has 38 heavy (non-hydrogen) atoms. The molecule has 1 atom stereocenters. The molecule has 0 radical (unpaired) electrons. The van der Waals surface area contributed by atoms with Crippen LogP contribution in [0.4, 0.5) is 11.5 Å². The zero-order valence-electron chi connectivity index (χ0n) is 22.1. The lowest BCUT2D eigenvalue weighted by Gasteiger charge is -2.32. The van der Waals surface area contributed by atoms with Crippen LogP contribution in [0.3, 0.4) is 0 Å². The van der Waals surface area contributed by atoms with Gasteiger partial charge in [0.05, 0.1) is 0 Å². The van der Waals surface area contributed by atoms with E-state index in [9.17, 15) is 14.4 Å². The number of amides is 3. The number of hydrogen-bond acceptors (Lipinski definition) is 5. The number of para-hydroxylation sites is 1. The highest BCUT2D eigenvalue weighted by Crippen LogP contribution is 2.32. The first kappa shape index (κ1) is 26.9. The molecule has 0 bridgehead atoms. The van der Waals surface area contributed by atoms with Crippen LogP contribution in [-0.2, 0) is 20.8 Å². The summed E-state index contributed by atoms with van der Waals surface area (Å²) in [4.78, 5) is 41.6. The summed E-state index contributed by atoms with van der Waals surface area (Å²) in [7, 11) is 0. The van der Waals surface area contributed by atoms with Crippen molar-refractivity contribution in [3.8, 4) is 0 Å². The average molecular weight is 515 g/mol. The second-order valence-corrected chi connectivity index (χ2v) is 9.63. The Kier molecular flexibility index (Phi) is 8.73. The van der Waals surface area contributed by atoms with Crippen LogP contribution in [-0.4, -0.2) is 28.9 Å². The number of carbonyl (C=O) groups excluding carboxylic acids is 3. The molecular weight excluding hydrogens is 480 g/mol. The first-order valence-corrected chi connectivity index (χ1v) is 13.1. The van der Waals surface area contributed by atoms with Crippen LogP contribution in [0.25, 0.3) is 0 Å². The fourth-order valence-corrected chi connectivity index (χ4v) is 4.74. The van der Waals surface area contributed by atoms with Gasteiger partial charge in [-0.2, -0.15) is 0 Å². The average Bonchev–Trinajstić information content (AvgIpc) is 3.58. The van der Waals surface area contributed by atoms with Crippen molar-refractivity contribution in [3.05, 3.63) is 89.2 Å². The zero-order chi connectivity index (χ0) is 27.1. The van der Waals surface area contributed by atoms with Gasteiger partial charge in [-0.3, -0.25) is 19.3 Å². The number of aromatic nitrogens is 1. The Bertz CT molecular complexity index is 1310. The third kappa shape index (κ3) is 6.56. The Morgan fingerprint density at radius 2 is 1.76 bits per heavy atom. The highest BCUT2D eigenvalue weighted by molar-refractivity contribution is 6.10. The van der Waals surface area contributed by atoms with E-state index >= 15 is 0 Å². The lowest BCUT2D eigenvalue weighted by Crippen LogP contribution is -2.46. The number of aryl methyl sites for hydroxylation is 3. The number of nitrogens with zero attached hydrogens (tertiary/aromatic N) is 2. The topological polar surface area (TPSA) is 105 Å². The number of benzene rings is 2. The van der Waals surface area contributed by atoms with E-state index in [1.807, 2.05) is 55.5 Å².